The molecular weight excluding hydrogens is 218 g/mol. The van der Waals surface area contributed by atoms with Gasteiger partial charge in [-0.05, 0) is 23.6 Å². The predicted molar refractivity (Wildman–Crippen MR) is 58.9 cm³/mol. The van der Waals surface area contributed by atoms with Crippen LogP contribution in [-0.2, 0) is 0 Å². The van der Waals surface area contributed by atoms with Gasteiger partial charge in [0.1, 0.15) is 10.7 Å². The molecule has 0 bridgehead atoms. The minimum absolute atomic E-state index is 0.251. The first-order valence-electron chi connectivity index (χ1n) is 4.55. The molecule has 15 heavy (non-hydrogen) atoms. The van der Waals surface area contributed by atoms with Gasteiger partial charge in [0.05, 0.1) is 6.07 Å². The first kappa shape index (κ1) is 11.8. The van der Waals surface area contributed by atoms with Crippen LogP contribution in [0.15, 0.2) is 22.1 Å². The predicted octanol–water partition coefficient (Wildman–Crippen LogP) is 3.47. The number of nitrogens with zero attached hydrogens (tertiary/aromatic N) is 1. The van der Waals surface area contributed by atoms with Crippen LogP contribution >= 0.6 is 11.6 Å². The monoisotopic (exact) mass is 229 g/mol. The zero-order chi connectivity index (χ0) is 11.4. The minimum Gasteiger partial charge on any atom is -0.401 e. The van der Waals surface area contributed by atoms with Crippen LogP contribution in [0.3, 0.4) is 0 Å². The Morgan fingerprint density at radius 3 is 2.73 bits per heavy atom. The van der Waals surface area contributed by atoms with E-state index >= 15 is 0 Å². The summed E-state index contributed by atoms with van der Waals surface area (Å²) in [5, 5.41) is 10.4. The van der Waals surface area contributed by atoms with Gasteiger partial charge < -0.3 is 4.42 Å². The number of hydrogen-bond donors (Lipinski definition) is 0. The highest BCUT2D eigenvalue weighted by Crippen LogP contribution is 2.21. The second kappa shape index (κ2) is 4.98. The van der Waals surface area contributed by atoms with Gasteiger partial charge in [-0.15, -0.1) is 11.6 Å². The Morgan fingerprint density at radius 1 is 1.67 bits per heavy atom. The number of hydrogen-bond acceptors (Lipinski definition) is 3. The van der Waals surface area contributed by atoms with E-state index in [0.29, 0.717) is 17.6 Å². The lowest BCUT2D eigenvalue weighted by molar-refractivity contribution is -0.402. The molecular formula is C10H12ClNO3. The summed E-state index contributed by atoms with van der Waals surface area (Å²) >= 11 is 5.74. The third-order valence-electron chi connectivity index (χ3n) is 2.02. The van der Waals surface area contributed by atoms with Crippen molar-refractivity contribution in [2.24, 2.45) is 5.92 Å². The van der Waals surface area contributed by atoms with Crippen molar-refractivity contribution in [3.63, 3.8) is 0 Å². The van der Waals surface area contributed by atoms with Gasteiger partial charge in [-0.3, -0.25) is 10.1 Å². The van der Waals surface area contributed by atoms with E-state index < -0.39 is 4.92 Å². The molecule has 0 radical (unpaired) electrons. The third-order valence-corrected chi connectivity index (χ3v) is 2.32. The highest BCUT2D eigenvalue weighted by molar-refractivity contribution is 6.19. The van der Waals surface area contributed by atoms with Crippen molar-refractivity contribution in [2.45, 2.75) is 13.8 Å². The Balaban J connectivity index is 2.92. The Kier molecular flexibility index (Phi) is 3.91. The molecule has 0 atom stereocenters. The molecule has 4 nitrogen and oxygen atoms in total. The minimum atomic E-state index is -0.562. The maximum Gasteiger partial charge on any atom is 0.433 e. The van der Waals surface area contributed by atoms with Gasteiger partial charge in [0, 0.05) is 5.88 Å². The van der Waals surface area contributed by atoms with Gasteiger partial charge in [0.15, 0.2) is 0 Å². The van der Waals surface area contributed by atoms with Crippen molar-refractivity contribution >= 4 is 23.6 Å². The summed E-state index contributed by atoms with van der Waals surface area (Å²) in [5.41, 5.74) is 0.987. The zero-order valence-electron chi connectivity index (χ0n) is 8.57. The van der Waals surface area contributed by atoms with E-state index in [2.05, 4.69) is 0 Å². The standard InChI is InChI=1S/C10H12ClNO3/c1-7(2)8(6-11)5-9-3-4-10(15-9)12(13)14/h3-5,7H,6H2,1-2H3. The average Bonchev–Trinajstić information content (AvgIpc) is 2.61. The van der Waals surface area contributed by atoms with Crippen molar-refractivity contribution in [1.29, 1.82) is 0 Å². The second-order valence-corrected chi connectivity index (χ2v) is 3.71. The second-order valence-electron chi connectivity index (χ2n) is 3.44. The van der Waals surface area contributed by atoms with Crippen LogP contribution in [0.5, 0.6) is 0 Å². The Bertz CT molecular complexity index is 382. The summed E-state index contributed by atoms with van der Waals surface area (Å²) in [7, 11) is 0. The topological polar surface area (TPSA) is 56.3 Å². The molecule has 0 saturated heterocycles. The molecule has 0 aliphatic heterocycles. The molecule has 1 rings (SSSR count). The molecule has 0 N–H and O–H groups in total. The fourth-order valence-corrected chi connectivity index (χ4v) is 1.45. The first-order valence-corrected chi connectivity index (χ1v) is 5.08. The SMILES string of the molecule is CC(C)C(=Cc1ccc([N+](=O)[O-])o1)CCl. The summed E-state index contributed by atoms with van der Waals surface area (Å²) in [6, 6.07) is 2.89. The number of allylic oxidation sites excluding steroid dienone is 1. The van der Waals surface area contributed by atoms with E-state index in [0.717, 1.165) is 5.57 Å². The molecule has 0 aromatic carbocycles. The van der Waals surface area contributed by atoms with Gasteiger partial charge in [-0.25, -0.2) is 0 Å². The molecule has 0 aliphatic carbocycles. The number of alkyl halides is 1. The zero-order valence-corrected chi connectivity index (χ0v) is 9.32. The van der Waals surface area contributed by atoms with E-state index in [4.69, 9.17) is 16.0 Å². The summed E-state index contributed by atoms with van der Waals surface area (Å²) in [4.78, 5) is 9.81. The first-order chi connectivity index (χ1) is 7.04. The lowest BCUT2D eigenvalue weighted by Crippen LogP contribution is -1.94. The smallest absolute Gasteiger partial charge is 0.401 e. The largest absolute Gasteiger partial charge is 0.433 e. The summed E-state index contributed by atoms with van der Waals surface area (Å²) < 4.78 is 4.99. The summed E-state index contributed by atoms with van der Waals surface area (Å²) in [5.74, 6) is 0.906. The molecule has 5 heteroatoms. The number of nitro groups is 1. The molecule has 1 aromatic heterocycles. The quantitative estimate of drug-likeness (QED) is 0.451. The molecule has 0 aliphatic rings. The Morgan fingerprint density at radius 2 is 2.33 bits per heavy atom. The van der Waals surface area contributed by atoms with E-state index in [1.807, 2.05) is 13.8 Å². The van der Waals surface area contributed by atoms with Crippen molar-refractivity contribution in [3.8, 4) is 0 Å². The molecule has 1 heterocycles. The van der Waals surface area contributed by atoms with Gasteiger partial charge in [0.2, 0.25) is 0 Å². The lowest BCUT2D eigenvalue weighted by Gasteiger charge is -2.05. The van der Waals surface area contributed by atoms with E-state index in [1.165, 1.54) is 6.07 Å². The maximum absolute atomic E-state index is 10.4. The average molecular weight is 230 g/mol. The van der Waals surface area contributed by atoms with Crippen LogP contribution < -0.4 is 0 Å². The van der Waals surface area contributed by atoms with Crippen molar-refractivity contribution in [1.82, 2.24) is 0 Å². The lowest BCUT2D eigenvalue weighted by atomic mass is 10.0. The molecule has 0 unspecified atom stereocenters. The van der Waals surface area contributed by atoms with Crippen LogP contribution in [0.25, 0.3) is 6.08 Å². The van der Waals surface area contributed by atoms with Crippen LogP contribution in [0.2, 0.25) is 0 Å². The van der Waals surface area contributed by atoms with Crippen molar-refractivity contribution in [2.75, 3.05) is 5.88 Å². The number of rotatable bonds is 4. The Hall–Kier alpha value is -1.29. The van der Waals surface area contributed by atoms with Crippen LogP contribution in [-0.4, -0.2) is 10.8 Å². The number of furan rings is 1. The van der Waals surface area contributed by atoms with E-state index in [9.17, 15) is 10.1 Å². The van der Waals surface area contributed by atoms with Gasteiger partial charge >= 0.3 is 5.88 Å². The third kappa shape index (κ3) is 3.09. The molecule has 1 aromatic rings. The van der Waals surface area contributed by atoms with Crippen LogP contribution in [0, 0.1) is 16.0 Å². The van der Waals surface area contributed by atoms with Crippen molar-refractivity contribution in [3.05, 3.63) is 33.6 Å². The molecule has 0 spiro atoms. The molecule has 0 saturated carbocycles. The highest BCUT2D eigenvalue weighted by Gasteiger charge is 2.11. The van der Waals surface area contributed by atoms with E-state index in [-0.39, 0.29) is 5.88 Å². The molecule has 0 amide bonds. The Labute approximate surface area is 92.7 Å². The van der Waals surface area contributed by atoms with Gasteiger partial charge in [-0.1, -0.05) is 13.8 Å². The fraction of sp³-hybridized carbons (Fsp3) is 0.400. The highest BCUT2D eigenvalue weighted by atomic mass is 35.5. The van der Waals surface area contributed by atoms with Crippen LogP contribution in [0.4, 0.5) is 5.88 Å². The fourth-order valence-electron chi connectivity index (χ4n) is 1.06. The summed E-state index contributed by atoms with van der Waals surface area (Å²) in [6.07, 6.45) is 1.74. The molecule has 82 valence electrons. The maximum atomic E-state index is 10.4. The number of halogens is 1. The van der Waals surface area contributed by atoms with Crippen molar-refractivity contribution < 1.29 is 9.34 Å². The molecule has 0 fully saturated rings. The van der Waals surface area contributed by atoms with Gasteiger partial charge in [0.25, 0.3) is 0 Å². The van der Waals surface area contributed by atoms with E-state index in [1.54, 1.807) is 12.1 Å². The normalized spacial score (nSPS) is 12.1. The van der Waals surface area contributed by atoms with Crippen LogP contribution in [0.1, 0.15) is 19.6 Å². The van der Waals surface area contributed by atoms with Gasteiger partial charge in [-0.2, -0.15) is 0 Å². The summed E-state index contributed by atoms with van der Waals surface area (Å²) in [6.45, 7) is 4.01.